The predicted molar refractivity (Wildman–Crippen MR) is 78.5 cm³/mol. The van der Waals surface area contributed by atoms with Crippen LogP contribution in [0.1, 0.15) is 24.4 Å². The Labute approximate surface area is 126 Å². The molecule has 2 heterocycles. The maximum absolute atomic E-state index is 10.2. The quantitative estimate of drug-likeness (QED) is 0.835. The summed E-state index contributed by atoms with van der Waals surface area (Å²) in [5.74, 6) is 2.94. The van der Waals surface area contributed by atoms with Crippen molar-refractivity contribution in [3.63, 3.8) is 0 Å². The Kier molecular flexibility index (Phi) is 13.7. The summed E-state index contributed by atoms with van der Waals surface area (Å²) in [5, 5.41) is 16.9. The van der Waals surface area contributed by atoms with Crippen molar-refractivity contribution in [2.24, 2.45) is 0 Å². The molecule has 0 aromatic carbocycles. The van der Waals surface area contributed by atoms with Crippen LogP contribution in [0.3, 0.4) is 0 Å². The maximum Gasteiger partial charge on any atom is 0.351 e. The summed E-state index contributed by atoms with van der Waals surface area (Å²) in [6, 6.07) is 7.17. The lowest BCUT2D eigenvalue weighted by atomic mass is 10.2. The smallest absolute Gasteiger partial charge is 0.351 e. The third-order valence-electron chi connectivity index (χ3n) is 1.90. The molecular weight excluding hydrogens is 281 g/mol. The largest absolute Gasteiger partial charge is 0.467 e. The lowest BCUT2D eigenvalue weighted by Gasteiger charge is -1.86. The first-order valence-corrected chi connectivity index (χ1v) is 6.04. The van der Waals surface area contributed by atoms with Gasteiger partial charge in [-0.3, -0.25) is 4.39 Å². The van der Waals surface area contributed by atoms with Gasteiger partial charge in [0.05, 0.1) is 8.52 Å². The normalized spacial score (nSPS) is 9.00. The molecule has 0 unspecified atom stereocenters. The molecule has 0 saturated carbocycles. The van der Waals surface area contributed by atoms with Crippen LogP contribution in [0.25, 0.3) is 0 Å². The van der Waals surface area contributed by atoms with Crippen LogP contribution in [-0.2, 0) is 13.2 Å². The third kappa shape index (κ3) is 11.9. The van der Waals surface area contributed by atoms with Crippen molar-refractivity contribution in [2.45, 2.75) is 33.9 Å². The van der Waals surface area contributed by atoms with Gasteiger partial charge in [0.15, 0.2) is 0 Å². The van der Waals surface area contributed by atoms with Gasteiger partial charge in [-0.25, -0.2) is 0 Å². The van der Waals surface area contributed by atoms with Crippen LogP contribution in [0.5, 0.6) is 0 Å². The van der Waals surface area contributed by atoms with E-state index < -0.39 is 7.15 Å². The Morgan fingerprint density at radius 2 is 1.38 bits per heavy atom. The minimum absolute atomic E-state index is 0.111. The van der Waals surface area contributed by atoms with Gasteiger partial charge in [0.1, 0.15) is 36.3 Å². The molecule has 2 rings (SSSR count). The Balaban J connectivity index is 0. The average molecular weight is 304 g/mol. The number of halogens is 2. The Hall–Kier alpha value is -1.60. The van der Waals surface area contributed by atoms with E-state index in [9.17, 15) is 8.71 Å². The average Bonchev–Trinajstić information content (AvgIpc) is 3.09. The molecule has 0 bridgehead atoms. The Bertz CT molecular complexity index is 426. The molecule has 21 heavy (non-hydrogen) atoms. The van der Waals surface area contributed by atoms with Gasteiger partial charge >= 0.3 is 7.56 Å². The summed E-state index contributed by atoms with van der Waals surface area (Å²) in [4.78, 5) is 0. The van der Waals surface area contributed by atoms with E-state index in [1.54, 1.807) is 12.1 Å². The van der Waals surface area contributed by atoms with Crippen LogP contribution in [0, 0.1) is 13.8 Å². The number of furan rings is 2. The van der Waals surface area contributed by atoms with Crippen LogP contribution in [-0.4, -0.2) is 24.9 Å². The number of aryl methyl sites for hydroxylation is 2. The molecule has 2 aromatic rings. The fourth-order valence-corrected chi connectivity index (χ4v) is 1.15. The van der Waals surface area contributed by atoms with Crippen LogP contribution >= 0.6 is 0 Å². The van der Waals surface area contributed by atoms with E-state index >= 15 is 0 Å². The molecule has 0 fully saturated rings. The second-order valence-corrected chi connectivity index (χ2v) is 3.56. The van der Waals surface area contributed by atoms with Crippen molar-refractivity contribution in [1.82, 2.24) is 0 Å². The number of aliphatic hydroxyl groups excluding tert-OH is 2. The fraction of sp³-hybridized carbons (Fsp3) is 0.429. The Morgan fingerprint density at radius 3 is 1.52 bits per heavy atom. The van der Waals surface area contributed by atoms with Crippen molar-refractivity contribution in [1.29, 1.82) is 0 Å². The van der Waals surface area contributed by atoms with E-state index in [1.165, 1.54) is 6.82 Å². The molecule has 0 aliphatic carbocycles. The lowest BCUT2D eigenvalue weighted by molar-refractivity contribution is 0.215. The highest BCUT2D eigenvalue weighted by Crippen LogP contribution is 2.06. The van der Waals surface area contributed by atoms with Gasteiger partial charge in [0.25, 0.3) is 0 Å². The van der Waals surface area contributed by atoms with Gasteiger partial charge in [0.2, 0.25) is 0 Å². The zero-order valence-corrected chi connectivity index (χ0v) is 12.5. The third-order valence-corrected chi connectivity index (χ3v) is 1.90. The molecule has 0 amide bonds. The van der Waals surface area contributed by atoms with E-state index in [1.807, 2.05) is 26.0 Å². The fourth-order valence-electron chi connectivity index (χ4n) is 1.15. The summed E-state index contributed by atoms with van der Waals surface area (Å²) >= 11 is 0. The molecule has 2 N–H and O–H groups in total. The van der Waals surface area contributed by atoms with E-state index in [2.05, 4.69) is 0 Å². The van der Waals surface area contributed by atoms with E-state index in [4.69, 9.17) is 20.4 Å². The molecule has 0 saturated heterocycles. The molecular formula is C14H22BF2O4. The van der Waals surface area contributed by atoms with Crippen LogP contribution in [0.2, 0.25) is 6.82 Å². The highest BCUT2D eigenvalue weighted by molar-refractivity contribution is 6.23. The summed E-state index contributed by atoms with van der Waals surface area (Å²) in [6.07, 6.45) is 0. The summed E-state index contributed by atoms with van der Waals surface area (Å²) < 4.78 is 35.6. The highest BCUT2D eigenvalue weighted by atomic mass is 19.1. The highest BCUT2D eigenvalue weighted by Gasteiger charge is 1.96. The van der Waals surface area contributed by atoms with Gasteiger partial charge in [-0.1, -0.05) is 6.82 Å². The summed E-state index contributed by atoms with van der Waals surface area (Å²) in [7, 11) is -0.500. The molecule has 1 radical (unpaired) electrons. The Morgan fingerprint density at radius 1 is 1.05 bits per heavy atom. The lowest BCUT2D eigenvalue weighted by Crippen LogP contribution is -1.76. The number of aliphatic hydroxyl groups is 2. The number of hydrogen-bond donors (Lipinski definition) is 2. The monoisotopic (exact) mass is 304 g/mol. The first-order valence-electron chi connectivity index (χ1n) is 6.75. The second-order valence-electron chi connectivity index (χ2n) is 3.56. The van der Waals surface area contributed by atoms with Gasteiger partial charge < -0.3 is 23.4 Å². The zero-order chi connectivity index (χ0) is 17.4. The predicted octanol–water partition coefficient (Wildman–Crippen LogP) is 3.37. The first kappa shape index (κ1) is 19.4. The maximum atomic E-state index is 10.2. The molecule has 119 valence electrons. The molecule has 0 atom stereocenters. The standard InChI is InChI=1S/C6H8O3.C6H8O.CH3BF.CH3F/c7-3-5-1-2-6(4-8)9-5;1-5-3-4-6(2)7-5;1-2-3;1-2/h1-2,7-8H,3-4H2;3-4H,1-2H3;1H3;1H3/i;;;1D. The van der Waals surface area contributed by atoms with Crippen LogP contribution in [0.4, 0.5) is 8.71 Å². The molecule has 4 nitrogen and oxygen atoms in total. The minimum Gasteiger partial charge on any atom is -0.467 e. The van der Waals surface area contributed by atoms with Crippen LogP contribution < -0.4 is 0 Å². The van der Waals surface area contributed by atoms with Crippen molar-refractivity contribution < 1.29 is 29.1 Å². The van der Waals surface area contributed by atoms with Gasteiger partial charge in [0, 0.05) is 0 Å². The SMILES string of the molecule is C[B]F.Cc1ccc(C)o1.OCc1ccc(CO)o1.[2H]CF. The second kappa shape index (κ2) is 14.8. The number of rotatable bonds is 2. The molecule has 0 aliphatic rings. The van der Waals surface area contributed by atoms with Gasteiger partial charge in [-0.2, -0.15) is 0 Å². The van der Waals surface area contributed by atoms with Gasteiger partial charge in [-0.05, 0) is 38.1 Å². The van der Waals surface area contributed by atoms with Crippen molar-refractivity contribution >= 4 is 7.56 Å². The minimum atomic E-state index is -1.00. The van der Waals surface area contributed by atoms with Crippen molar-refractivity contribution in [2.75, 3.05) is 7.15 Å². The van der Waals surface area contributed by atoms with Crippen LogP contribution in [0.15, 0.2) is 33.1 Å². The molecule has 7 heteroatoms. The van der Waals surface area contributed by atoms with Gasteiger partial charge in [-0.15, -0.1) is 0 Å². The number of hydrogen-bond acceptors (Lipinski definition) is 4. The van der Waals surface area contributed by atoms with E-state index in [0.717, 1.165) is 11.5 Å². The molecule has 0 spiro atoms. The topological polar surface area (TPSA) is 66.7 Å². The van der Waals surface area contributed by atoms with Crippen molar-refractivity contribution in [3.8, 4) is 0 Å². The molecule has 0 aliphatic heterocycles. The number of alkyl halides is 1. The summed E-state index contributed by atoms with van der Waals surface area (Å²) in [6.45, 7) is 4.99. The zero-order valence-electron chi connectivity index (χ0n) is 13.5. The van der Waals surface area contributed by atoms with Crippen molar-refractivity contribution in [3.05, 3.63) is 47.3 Å². The molecule has 2 aromatic heterocycles. The van der Waals surface area contributed by atoms with E-state index in [-0.39, 0.29) is 13.2 Å². The first-order chi connectivity index (χ1) is 10.5. The van der Waals surface area contributed by atoms with E-state index in [0.29, 0.717) is 19.1 Å². The summed E-state index contributed by atoms with van der Waals surface area (Å²) in [5.41, 5.74) is 0.